The normalized spacial score (nSPS) is 12.0. The zero-order valence-corrected chi connectivity index (χ0v) is 12.6. The third-order valence-corrected chi connectivity index (χ3v) is 4.75. The van der Waals surface area contributed by atoms with Gasteiger partial charge in [0.2, 0.25) is 0 Å². The molecule has 2 aromatic heterocycles. The van der Waals surface area contributed by atoms with E-state index >= 15 is 0 Å². The van der Waals surface area contributed by atoms with Crippen molar-refractivity contribution in [2.24, 2.45) is 0 Å². The number of aromatic amines is 1. The third-order valence-electron chi connectivity index (χ3n) is 4.09. The molecule has 0 aliphatic carbocycles. The van der Waals surface area contributed by atoms with Crippen LogP contribution >= 0.6 is 15.9 Å². The van der Waals surface area contributed by atoms with Gasteiger partial charge in [-0.05, 0) is 24.3 Å². The maximum absolute atomic E-state index is 6.09. The van der Waals surface area contributed by atoms with E-state index in [0.29, 0.717) is 0 Å². The van der Waals surface area contributed by atoms with Crippen LogP contribution in [-0.4, -0.2) is 4.98 Å². The number of H-pyrrole nitrogens is 1. The van der Waals surface area contributed by atoms with Crippen LogP contribution in [0, 0.1) is 0 Å². The standard InChI is InChI=1S/C18H10BrNO/c19-13-5-3-6-14-16(13)12-9-8-11-10-4-1-2-7-15(10)21-18(11)17(12)20-14/h1-9,20H. The van der Waals surface area contributed by atoms with Crippen LogP contribution in [0.1, 0.15) is 0 Å². The van der Waals surface area contributed by atoms with Gasteiger partial charge in [0.1, 0.15) is 5.58 Å². The number of hydrogen-bond donors (Lipinski definition) is 1. The Kier molecular flexibility index (Phi) is 2.11. The van der Waals surface area contributed by atoms with Crippen molar-refractivity contribution < 1.29 is 4.42 Å². The van der Waals surface area contributed by atoms with Crippen LogP contribution in [0.15, 0.2) is 63.5 Å². The smallest absolute Gasteiger partial charge is 0.159 e. The molecule has 0 saturated heterocycles. The van der Waals surface area contributed by atoms with Gasteiger partial charge in [0, 0.05) is 31.5 Å². The summed E-state index contributed by atoms with van der Waals surface area (Å²) in [6.45, 7) is 0. The number of nitrogens with one attached hydrogen (secondary N) is 1. The Labute approximate surface area is 128 Å². The summed E-state index contributed by atoms with van der Waals surface area (Å²) in [6, 6.07) is 18.7. The van der Waals surface area contributed by atoms with Crippen molar-refractivity contribution in [2.75, 3.05) is 0 Å². The van der Waals surface area contributed by atoms with E-state index < -0.39 is 0 Å². The van der Waals surface area contributed by atoms with E-state index in [1.165, 1.54) is 10.8 Å². The Balaban J connectivity index is 2.09. The summed E-state index contributed by atoms with van der Waals surface area (Å²) in [5.41, 5.74) is 4.03. The van der Waals surface area contributed by atoms with Crippen LogP contribution in [0.25, 0.3) is 43.7 Å². The van der Waals surface area contributed by atoms with Crippen LogP contribution in [-0.2, 0) is 0 Å². The van der Waals surface area contributed by atoms with Crippen molar-refractivity contribution in [3.63, 3.8) is 0 Å². The zero-order valence-electron chi connectivity index (χ0n) is 11.0. The summed E-state index contributed by atoms with van der Waals surface area (Å²) in [5, 5.41) is 4.70. The lowest BCUT2D eigenvalue weighted by atomic mass is 10.1. The first-order valence-electron chi connectivity index (χ1n) is 6.83. The highest BCUT2D eigenvalue weighted by molar-refractivity contribution is 9.10. The molecule has 0 atom stereocenters. The average molecular weight is 336 g/mol. The molecule has 0 aliphatic rings. The van der Waals surface area contributed by atoms with Crippen molar-refractivity contribution in [3.8, 4) is 0 Å². The Bertz CT molecular complexity index is 1150. The molecular formula is C18H10BrNO. The van der Waals surface area contributed by atoms with Gasteiger partial charge in [0.05, 0.1) is 5.52 Å². The van der Waals surface area contributed by atoms with Gasteiger partial charge in [-0.15, -0.1) is 0 Å². The summed E-state index contributed by atoms with van der Waals surface area (Å²) in [4.78, 5) is 3.50. The molecule has 0 amide bonds. The highest BCUT2D eigenvalue weighted by atomic mass is 79.9. The van der Waals surface area contributed by atoms with E-state index in [0.717, 1.165) is 37.4 Å². The molecule has 0 spiro atoms. The van der Waals surface area contributed by atoms with E-state index in [1.54, 1.807) is 0 Å². The fraction of sp³-hybridized carbons (Fsp3) is 0. The van der Waals surface area contributed by atoms with Crippen molar-refractivity contribution in [1.29, 1.82) is 0 Å². The van der Waals surface area contributed by atoms with E-state index in [4.69, 9.17) is 4.42 Å². The molecular weight excluding hydrogens is 326 g/mol. The number of rotatable bonds is 0. The van der Waals surface area contributed by atoms with Crippen molar-refractivity contribution >= 4 is 59.7 Å². The number of hydrogen-bond acceptors (Lipinski definition) is 1. The number of fused-ring (bicyclic) bond motifs is 7. The number of benzene rings is 3. The Hall–Kier alpha value is -2.26. The second kappa shape index (κ2) is 3.89. The fourth-order valence-corrected chi connectivity index (χ4v) is 3.74. The van der Waals surface area contributed by atoms with Crippen LogP contribution < -0.4 is 0 Å². The molecule has 100 valence electrons. The first kappa shape index (κ1) is 11.4. The van der Waals surface area contributed by atoms with Gasteiger partial charge < -0.3 is 9.40 Å². The molecule has 0 aliphatic heterocycles. The fourth-order valence-electron chi connectivity index (χ4n) is 3.16. The molecule has 0 fully saturated rings. The first-order chi connectivity index (χ1) is 10.3. The maximum Gasteiger partial charge on any atom is 0.159 e. The zero-order chi connectivity index (χ0) is 14.0. The van der Waals surface area contributed by atoms with E-state index in [2.05, 4.69) is 51.2 Å². The SMILES string of the molecule is Brc1cccc2[nH]c3c(ccc4c5ccccc5oc43)c12. The average Bonchev–Trinajstić information content (AvgIpc) is 3.05. The van der Waals surface area contributed by atoms with Crippen molar-refractivity contribution in [2.45, 2.75) is 0 Å². The molecule has 3 heteroatoms. The monoisotopic (exact) mass is 335 g/mol. The van der Waals surface area contributed by atoms with Crippen LogP contribution in [0.5, 0.6) is 0 Å². The second-order valence-electron chi connectivity index (χ2n) is 5.25. The molecule has 5 rings (SSSR count). The first-order valence-corrected chi connectivity index (χ1v) is 7.62. The van der Waals surface area contributed by atoms with E-state index in [1.807, 2.05) is 24.3 Å². The van der Waals surface area contributed by atoms with Crippen LogP contribution in [0.3, 0.4) is 0 Å². The number of aromatic nitrogens is 1. The van der Waals surface area contributed by atoms with Gasteiger partial charge in [-0.2, -0.15) is 0 Å². The molecule has 1 N–H and O–H groups in total. The predicted molar refractivity (Wildman–Crippen MR) is 90.8 cm³/mol. The number of furan rings is 1. The molecule has 0 radical (unpaired) electrons. The molecule has 2 nitrogen and oxygen atoms in total. The van der Waals surface area contributed by atoms with Gasteiger partial charge in [-0.1, -0.05) is 46.3 Å². The number of para-hydroxylation sites is 1. The summed E-state index contributed by atoms with van der Waals surface area (Å²) >= 11 is 3.65. The summed E-state index contributed by atoms with van der Waals surface area (Å²) in [5.74, 6) is 0. The van der Waals surface area contributed by atoms with Gasteiger partial charge in [0.25, 0.3) is 0 Å². The quantitative estimate of drug-likeness (QED) is 0.370. The largest absolute Gasteiger partial charge is 0.454 e. The molecule has 0 bridgehead atoms. The molecule has 21 heavy (non-hydrogen) atoms. The van der Waals surface area contributed by atoms with E-state index in [9.17, 15) is 0 Å². The Morgan fingerprint density at radius 2 is 1.67 bits per heavy atom. The number of halogens is 1. The molecule has 2 heterocycles. The second-order valence-corrected chi connectivity index (χ2v) is 6.10. The van der Waals surface area contributed by atoms with Gasteiger partial charge >= 0.3 is 0 Å². The van der Waals surface area contributed by atoms with E-state index in [-0.39, 0.29) is 0 Å². The molecule has 0 unspecified atom stereocenters. The summed E-state index contributed by atoms with van der Waals surface area (Å²) in [6.07, 6.45) is 0. The maximum atomic E-state index is 6.09. The third kappa shape index (κ3) is 1.41. The minimum atomic E-state index is 0.928. The Morgan fingerprint density at radius 1 is 0.810 bits per heavy atom. The summed E-state index contributed by atoms with van der Waals surface area (Å²) in [7, 11) is 0. The van der Waals surface area contributed by atoms with Gasteiger partial charge in [0.15, 0.2) is 5.58 Å². The minimum absolute atomic E-state index is 0.928. The van der Waals surface area contributed by atoms with Crippen LogP contribution in [0.4, 0.5) is 0 Å². The summed E-state index contributed by atoms with van der Waals surface area (Å²) < 4.78 is 7.19. The van der Waals surface area contributed by atoms with Crippen LogP contribution in [0.2, 0.25) is 0 Å². The lowest BCUT2D eigenvalue weighted by molar-refractivity contribution is 0.672. The molecule has 0 saturated carbocycles. The predicted octanol–water partition coefficient (Wildman–Crippen LogP) is 5.98. The molecule has 5 aromatic rings. The van der Waals surface area contributed by atoms with Crippen molar-refractivity contribution in [1.82, 2.24) is 4.98 Å². The minimum Gasteiger partial charge on any atom is -0.454 e. The topological polar surface area (TPSA) is 28.9 Å². The van der Waals surface area contributed by atoms with Gasteiger partial charge in [-0.3, -0.25) is 0 Å². The lowest BCUT2D eigenvalue weighted by Gasteiger charge is -1.95. The highest BCUT2D eigenvalue weighted by Crippen LogP contribution is 2.38. The molecule has 3 aromatic carbocycles. The lowest BCUT2D eigenvalue weighted by Crippen LogP contribution is -1.70. The van der Waals surface area contributed by atoms with Crippen molar-refractivity contribution in [3.05, 3.63) is 59.1 Å². The Morgan fingerprint density at radius 3 is 2.62 bits per heavy atom. The highest BCUT2D eigenvalue weighted by Gasteiger charge is 2.14. The van der Waals surface area contributed by atoms with Gasteiger partial charge in [-0.25, -0.2) is 0 Å².